The maximum absolute atomic E-state index is 10.4. The van der Waals surface area contributed by atoms with Gasteiger partial charge in [-0.2, -0.15) is 5.10 Å². The zero-order valence-corrected chi connectivity index (χ0v) is 6.24. The Morgan fingerprint density at radius 1 is 1.91 bits per heavy atom. The molecule has 1 aromatic heterocycles. The molecule has 2 N–H and O–H groups in total. The predicted octanol–water partition coefficient (Wildman–Crippen LogP) is 0.673. The smallest absolute Gasteiger partial charge is 0.306 e. The Morgan fingerprint density at radius 3 is 3.09 bits per heavy atom. The van der Waals surface area contributed by atoms with Crippen molar-refractivity contribution < 1.29 is 9.90 Å². The number of carboxylic acids is 1. The zero-order valence-electron chi connectivity index (χ0n) is 6.24. The summed E-state index contributed by atoms with van der Waals surface area (Å²) >= 11 is 0. The van der Waals surface area contributed by atoms with Gasteiger partial charge < -0.3 is 5.11 Å². The summed E-state index contributed by atoms with van der Waals surface area (Å²) in [5.41, 5.74) is 0.861. The molecule has 0 bridgehead atoms. The number of hydrogen-bond acceptors (Lipinski definition) is 2. The van der Waals surface area contributed by atoms with Crippen molar-refractivity contribution in [2.45, 2.75) is 13.3 Å². The normalized spacial score (nSPS) is 12.8. The van der Waals surface area contributed by atoms with Crippen LogP contribution in [0.4, 0.5) is 0 Å². The summed E-state index contributed by atoms with van der Waals surface area (Å²) in [5, 5.41) is 15.0. The molecule has 0 aliphatic rings. The largest absolute Gasteiger partial charge is 0.481 e. The summed E-state index contributed by atoms with van der Waals surface area (Å²) in [5.74, 6) is -1.13. The predicted molar refractivity (Wildman–Crippen MR) is 39.1 cm³/mol. The van der Waals surface area contributed by atoms with Crippen LogP contribution >= 0.6 is 0 Å². The SMILES string of the molecule is C[C@@H](Cc1ccn[nH]1)C(=O)O. The van der Waals surface area contributed by atoms with Crippen molar-refractivity contribution in [2.24, 2.45) is 5.92 Å². The lowest BCUT2D eigenvalue weighted by atomic mass is 10.1. The molecule has 0 aromatic carbocycles. The van der Waals surface area contributed by atoms with Gasteiger partial charge in [-0.15, -0.1) is 0 Å². The quantitative estimate of drug-likeness (QED) is 0.672. The van der Waals surface area contributed by atoms with Crippen LogP contribution in [0.25, 0.3) is 0 Å². The van der Waals surface area contributed by atoms with Crippen LogP contribution in [0.1, 0.15) is 12.6 Å². The Bertz CT molecular complexity index is 231. The van der Waals surface area contributed by atoms with Gasteiger partial charge in [-0.05, 0) is 6.07 Å². The number of aliphatic carboxylic acids is 1. The highest BCUT2D eigenvalue weighted by molar-refractivity contribution is 5.69. The van der Waals surface area contributed by atoms with E-state index in [9.17, 15) is 4.79 Å². The van der Waals surface area contributed by atoms with E-state index in [4.69, 9.17) is 5.11 Å². The number of aromatic amines is 1. The first-order chi connectivity index (χ1) is 5.20. The van der Waals surface area contributed by atoms with Crippen LogP contribution in [0.2, 0.25) is 0 Å². The highest BCUT2D eigenvalue weighted by Gasteiger charge is 2.11. The number of rotatable bonds is 3. The highest BCUT2D eigenvalue weighted by atomic mass is 16.4. The summed E-state index contributed by atoms with van der Waals surface area (Å²) in [6, 6.07) is 1.78. The molecule has 11 heavy (non-hydrogen) atoms. The van der Waals surface area contributed by atoms with Gasteiger partial charge in [0.1, 0.15) is 0 Å². The summed E-state index contributed by atoms with van der Waals surface area (Å²) in [6.07, 6.45) is 2.12. The van der Waals surface area contributed by atoms with Crippen molar-refractivity contribution in [1.29, 1.82) is 0 Å². The molecule has 0 unspecified atom stereocenters. The minimum atomic E-state index is -0.778. The van der Waals surface area contributed by atoms with Crippen LogP contribution in [0.15, 0.2) is 12.3 Å². The molecule has 0 aliphatic heterocycles. The van der Waals surface area contributed by atoms with Crippen molar-refractivity contribution in [1.82, 2.24) is 10.2 Å². The van der Waals surface area contributed by atoms with E-state index >= 15 is 0 Å². The fourth-order valence-electron chi connectivity index (χ4n) is 0.816. The van der Waals surface area contributed by atoms with E-state index in [-0.39, 0.29) is 5.92 Å². The molecule has 4 heteroatoms. The minimum Gasteiger partial charge on any atom is -0.481 e. The van der Waals surface area contributed by atoms with Gasteiger partial charge in [0.05, 0.1) is 5.92 Å². The van der Waals surface area contributed by atoms with Crippen LogP contribution in [0.5, 0.6) is 0 Å². The first-order valence-corrected chi connectivity index (χ1v) is 3.41. The van der Waals surface area contributed by atoms with Gasteiger partial charge in [0.25, 0.3) is 0 Å². The molecule has 0 radical (unpaired) electrons. The fraction of sp³-hybridized carbons (Fsp3) is 0.429. The standard InChI is InChI=1S/C7H10N2O2/c1-5(7(10)11)4-6-2-3-8-9-6/h2-3,5H,4H2,1H3,(H,8,9)(H,10,11)/t5-/m0/s1. The summed E-state index contributed by atoms with van der Waals surface area (Å²) in [7, 11) is 0. The molecule has 0 aliphatic carbocycles. The maximum atomic E-state index is 10.4. The Kier molecular flexibility index (Phi) is 2.25. The van der Waals surface area contributed by atoms with E-state index in [1.165, 1.54) is 0 Å². The average molecular weight is 154 g/mol. The number of carbonyl (C=O) groups is 1. The number of carboxylic acid groups (broad SMARTS) is 1. The third kappa shape index (κ3) is 2.07. The molecule has 1 aromatic rings. The molecule has 0 saturated heterocycles. The van der Waals surface area contributed by atoms with Crippen molar-refractivity contribution in [2.75, 3.05) is 0 Å². The Morgan fingerprint density at radius 2 is 2.64 bits per heavy atom. The van der Waals surface area contributed by atoms with Crippen LogP contribution in [0, 0.1) is 5.92 Å². The number of H-pyrrole nitrogens is 1. The molecule has 4 nitrogen and oxygen atoms in total. The third-order valence-electron chi connectivity index (χ3n) is 1.51. The first kappa shape index (κ1) is 7.78. The Balaban J connectivity index is 2.50. The molecular weight excluding hydrogens is 144 g/mol. The zero-order chi connectivity index (χ0) is 8.27. The second-order valence-electron chi connectivity index (χ2n) is 2.53. The molecule has 1 atom stereocenters. The molecular formula is C7H10N2O2. The summed E-state index contributed by atoms with van der Waals surface area (Å²) < 4.78 is 0. The van der Waals surface area contributed by atoms with Gasteiger partial charge >= 0.3 is 5.97 Å². The van der Waals surface area contributed by atoms with Crippen molar-refractivity contribution in [3.8, 4) is 0 Å². The van der Waals surface area contributed by atoms with E-state index in [0.29, 0.717) is 6.42 Å². The molecule has 0 saturated carbocycles. The molecule has 1 heterocycles. The fourth-order valence-corrected chi connectivity index (χ4v) is 0.816. The second kappa shape index (κ2) is 3.18. The summed E-state index contributed by atoms with van der Waals surface area (Å²) in [6.45, 7) is 1.67. The number of nitrogens with zero attached hydrogens (tertiary/aromatic N) is 1. The molecule has 0 amide bonds. The molecule has 0 fully saturated rings. The van der Waals surface area contributed by atoms with Gasteiger partial charge in [0.15, 0.2) is 0 Å². The lowest BCUT2D eigenvalue weighted by molar-refractivity contribution is -0.141. The van der Waals surface area contributed by atoms with Gasteiger partial charge in [-0.1, -0.05) is 6.92 Å². The molecule has 0 spiro atoms. The van der Waals surface area contributed by atoms with Crippen LogP contribution in [-0.2, 0) is 11.2 Å². The average Bonchev–Trinajstić information content (AvgIpc) is 2.39. The number of aromatic nitrogens is 2. The van der Waals surface area contributed by atoms with Gasteiger partial charge in [0, 0.05) is 18.3 Å². The van der Waals surface area contributed by atoms with E-state index in [2.05, 4.69) is 10.2 Å². The van der Waals surface area contributed by atoms with Crippen molar-refractivity contribution in [3.63, 3.8) is 0 Å². The van der Waals surface area contributed by atoms with Gasteiger partial charge in [-0.3, -0.25) is 9.89 Å². The second-order valence-corrected chi connectivity index (χ2v) is 2.53. The summed E-state index contributed by atoms with van der Waals surface area (Å²) in [4.78, 5) is 10.4. The third-order valence-corrected chi connectivity index (χ3v) is 1.51. The van der Waals surface area contributed by atoms with E-state index in [1.807, 2.05) is 0 Å². The Labute approximate surface area is 64.2 Å². The van der Waals surface area contributed by atoms with Gasteiger partial charge in [0.2, 0.25) is 0 Å². The lowest BCUT2D eigenvalue weighted by Gasteiger charge is -2.01. The van der Waals surface area contributed by atoms with Crippen LogP contribution < -0.4 is 0 Å². The monoisotopic (exact) mass is 154 g/mol. The molecule has 1 rings (SSSR count). The minimum absolute atomic E-state index is 0.351. The maximum Gasteiger partial charge on any atom is 0.306 e. The van der Waals surface area contributed by atoms with E-state index in [1.54, 1.807) is 19.2 Å². The molecule has 60 valence electrons. The van der Waals surface area contributed by atoms with E-state index in [0.717, 1.165) is 5.69 Å². The number of hydrogen-bond donors (Lipinski definition) is 2. The van der Waals surface area contributed by atoms with Crippen molar-refractivity contribution >= 4 is 5.97 Å². The Hall–Kier alpha value is -1.32. The van der Waals surface area contributed by atoms with Crippen molar-refractivity contribution in [3.05, 3.63) is 18.0 Å². The van der Waals surface area contributed by atoms with E-state index < -0.39 is 5.97 Å². The van der Waals surface area contributed by atoms with Gasteiger partial charge in [-0.25, -0.2) is 0 Å². The van der Waals surface area contributed by atoms with Crippen LogP contribution in [-0.4, -0.2) is 21.3 Å². The lowest BCUT2D eigenvalue weighted by Crippen LogP contribution is -2.12. The first-order valence-electron chi connectivity index (χ1n) is 3.41. The topological polar surface area (TPSA) is 66.0 Å². The highest BCUT2D eigenvalue weighted by Crippen LogP contribution is 2.04. The van der Waals surface area contributed by atoms with Crippen LogP contribution in [0.3, 0.4) is 0 Å². The number of nitrogens with one attached hydrogen (secondary N) is 1.